The Bertz CT molecular complexity index is 1300. The average Bonchev–Trinajstić information content (AvgIpc) is 3.46. The highest BCUT2D eigenvalue weighted by atomic mass is 19.1. The summed E-state index contributed by atoms with van der Waals surface area (Å²) in [6.07, 6.45) is 5.87. The number of methoxy groups -OCH3 is 1. The fourth-order valence-electron chi connectivity index (χ4n) is 3.73. The van der Waals surface area contributed by atoms with Gasteiger partial charge in [-0.1, -0.05) is 18.2 Å². The highest BCUT2D eigenvalue weighted by molar-refractivity contribution is 6.09. The van der Waals surface area contributed by atoms with E-state index in [1.54, 1.807) is 54.7 Å². The number of ether oxygens (including phenoxy) is 2. The Balaban J connectivity index is 1.66. The SMILES string of the molecule is COCOc1ccc(N(C(=O)c2cocn2)C(C(=O)NCCc2cccc(F)c2)c2cccnc2)cc1. The van der Waals surface area contributed by atoms with Crippen LogP contribution in [0.1, 0.15) is 27.7 Å². The largest absolute Gasteiger partial charge is 0.468 e. The van der Waals surface area contributed by atoms with E-state index in [9.17, 15) is 14.0 Å². The summed E-state index contributed by atoms with van der Waals surface area (Å²) in [7, 11) is 1.51. The fraction of sp³-hybridized carbons (Fsp3) is 0.185. The summed E-state index contributed by atoms with van der Waals surface area (Å²) in [6.45, 7) is 0.293. The molecule has 4 aromatic rings. The van der Waals surface area contributed by atoms with Gasteiger partial charge in [0.25, 0.3) is 5.91 Å². The molecule has 10 heteroatoms. The number of nitrogens with zero attached hydrogens (tertiary/aromatic N) is 3. The first-order valence-electron chi connectivity index (χ1n) is 11.4. The molecule has 9 nitrogen and oxygen atoms in total. The molecule has 1 unspecified atom stereocenters. The van der Waals surface area contributed by atoms with Gasteiger partial charge >= 0.3 is 0 Å². The van der Waals surface area contributed by atoms with Crippen LogP contribution >= 0.6 is 0 Å². The Hall–Kier alpha value is -4.57. The summed E-state index contributed by atoms with van der Waals surface area (Å²) in [5, 5.41) is 2.87. The topological polar surface area (TPSA) is 107 Å². The summed E-state index contributed by atoms with van der Waals surface area (Å²) in [6, 6.07) is 15.1. The van der Waals surface area contributed by atoms with Gasteiger partial charge in [-0.3, -0.25) is 19.5 Å². The molecule has 2 aromatic heterocycles. The van der Waals surface area contributed by atoms with E-state index in [1.165, 1.54) is 36.6 Å². The number of rotatable bonds is 11. The molecule has 0 aliphatic carbocycles. The first kappa shape index (κ1) is 25.5. The van der Waals surface area contributed by atoms with E-state index in [4.69, 9.17) is 13.9 Å². The van der Waals surface area contributed by atoms with Crippen LogP contribution in [0.2, 0.25) is 0 Å². The molecule has 2 aromatic carbocycles. The second-order valence-electron chi connectivity index (χ2n) is 7.95. The predicted molar refractivity (Wildman–Crippen MR) is 132 cm³/mol. The highest BCUT2D eigenvalue weighted by Gasteiger charge is 2.34. The Labute approximate surface area is 212 Å². The van der Waals surface area contributed by atoms with Crippen LogP contribution in [0.25, 0.3) is 0 Å². The molecule has 37 heavy (non-hydrogen) atoms. The minimum absolute atomic E-state index is 0.0289. The molecule has 0 bridgehead atoms. The Kier molecular flexibility index (Phi) is 8.56. The summed E-state index contributed by atoms with van der Waals surface area (Å²) < 4.78 is 28.9. The monoisotopic (exact) mass is 504 g/mol. The van der Waals surface area contributed by atoms with E-state index >= 15 is 0 Å². The van der Waals surface area contributed by atoms with Crippen molar-refractivity contribution < 1.29 is 27.9 Å². The standard InChI is InChI=1S/C27H25FN4O5/c1-35-18-37-23-9-7-22(8-10-23)32(27(34)24-16-36-17-31-24)25(20-5-3-12-29-15-20)26(33)30-13-11-19-4-2-6-21(28)14-19/h2-10,12,14-17,25H,11,13,18H2,1H3,(H,30,33). The third-order valence-electron chi connectivity index (χ3n) is 5.44. The van der Waals surface area contributed by atoms with Gasteiger partial charge in [0.05, 0.1) is 0 Å². The molecule has 190 valence electrons. The maximum absolute atomic E-state index is 13.6. The van der Waals surface area contributed by atoms with E-state index in [0.717, 1.165) is 12.0 Å². The number of pyridine rings is 1. The lowest BCUT2D eigenvalue weighted by Gasteiger charge is -2.31. The van der Waals surface area contributed by atoms with Crippen molar-refractivity contribution in [1.82, 2.24) is 15.3 Å². The van der Waals surface area contributed by atoms with Crippen LogP contribution in [-0.4, -0.2) is 42.2 Å². The van der Waals surface area contributed by atoms with Crippen molar-refractivity contribution >= 4 is 17.5 Å². The van der Waals surface area contributed by atoms with Crippen LogP contribution in [0.5, 0.6) is 5.75 Å². The third-order valence-corrected chi connectivity index (χ3v) is 5.44. The van der Waals surface area contributed by atoms with Crippen molar-refractivity contribution in [1.29, 1.82) is 0 Å². The summed E-state index contributed by atoms with van der Waals surface area (Å²) in [5.41, 5.74) is 1.68. The minimum Gasteiger partial charge on any atom is -0.468 e. The zero-order valence-electron chi connectivity index (χ0n) is 20.0. The van der Waals surface area contributed by atoms with Gasteiger partial charge in [-0.15, -0.1) is 0 Å². The second kappa shape index (κ2) is 12.4. The Morgan fingerprint density at radius 1 is 1.14 bits per heavy atom. The molecule has 1 atom stereocenters. The van der Waals surface area contributed by atoms with Crippen LogP contribution in [-0.2, 0) is 16.0 Å². The molecule has 0 spiro atoms. The molecule has 0 saturated carbocycles. The van der Waals surface area contributed by atoms with E-state index in [0.29, 0.717) is 23.4 Å². The van der Waals surface area contributed by atoms with Gasteiger partial charge in [0.2, 0.25) is 5.91 Å². The summed E-state index contributed by atoms with van der Waals surface area (Å²) in [4.78, 5) is 36.7. The van der Waals surface area contributed by atoms with E-state index in [1.807, 2.05) is 0 Å². The van der Waals surface area contributed by atoms with Crippen molar-refractivity contribution in [3.8, 4) is 5.75 Å². The minimum atomic E-state index is -1.09. The van der Waals surface area contributed by atoms with Crippen LogP contribution in [0.4, 0.5) is 10.1 Å². The maximum Gasteiger partial charge on any atom is 0.281 e. The first-order chi connectivity index (χ1) is 18.1. The number of hydrogen-bond acceptors (Lipinski definition) is 7. The number of amides is 2. The van der Waals surface area contributed by atoms with Crippen LogP contribution in [0.15, 0.2) is 90.1 Å². The highest BCUT2D eigenvalue weighted by Crippen LogP contribution is 2.30. The number of aromatic nitrogens is 2. The fourth-order valence-corrected chi connectivity index (χ4v) is 3.73. The van der Waals surface area contributed by atoms with Crippen LogP contribution < -0.4 is 15.0 Å². The van der Waals surface area contributed by atoms with Crippen LogP contribution in [0, 0.1) is 5.82 Å². The van der Waals surface area contributed by atoms with E-state index in [-0.39, 0.29) is 24.8 Å². The number of carbonyl (C=O) groups excluding carboxylic acids is 2. The van der Waals surface area contributed by atoms with Crippen LogP contribution in [0.3, 0.4) is 0 Å². The Morgan fingerprint density at radius 2 is 1.97 bits per heavy atom. The van der Waals surface area contributed by atoms with Gasteiger partial charge in [0.1, 0.15) is 23.9 Å². The van der Waals surface area contributed by atoms with Gasteiger partial charge in [-0.2, -0.15) is 0 Å². The van der Waals surface area contributed by atoms with Gasteiger partial charge in [-0.25, -0.2) is 9.37 Å². The van der Waals surface area contributed by atoms with Gasteiger partial charge in [0.15, 0.2) is 18.9 Å². The van der Waals surface area contributed by atoms with Gasteiger partial charge < -0.3 is 19.2 Å². The van der Waals surface area contributed by atoms with Gasteiger partial charge in [-0.05, 0) is 54.4 Å². The molecule has 0 aliphatic rings. The van der Waals surface area contributed by atoms with Crippen molar-refractivity contribution in [2.24, 2.45) is 0 Å². The number of oxazole rings is 1. The third kappa shape index (κ3) is 6.56. The number of benzene rings is 2. The van der Waals surface area contributed by atoms with Gasteiger partial charge in [0, 0.05) is 37.3 Å². The van der Waals surface area contributed by atoms with E-state index < -0.39 is 17.9 Å². The normalized spacial score (nSPS) is 11.5. The zero-order valence-corrected chi connectivity index (χ0v) is 20.0. The lowest BCUT2D eigenvalue weighted by molar-refractivity contribution is -0.122. The molecule has 2 heterocycles. The van der Waals surface area contributed by atoms with E-state index in [2.05, 4.69) is 15.3 Å². The van der Waals surface area contributed by atoms with Crippen molar-refractivity contribution in [3.63, 3.8) is 0 Å². The average molecular weight is 505 g/mol. The predicted octanol–water partition coefficient (Wildman–Crippen LogP) is 3.94. The molecule has 0 fully saturated rings. The van der Waals surface area contributed by atoms with Crippen molar-refractivity contribution in [3.05, 3.63) is 108 Å². The second-order valence-corrected chi connectivity index (χ2v) is 7.95. The number of hydrogen-bond donors (Lipinski definition) is 1. The molecular weight excluding hydrogens is 479 g/mol. The molecular formula is C27H25FN4O5. The first-order valence-corrected chi connectivity index (χ1v) is 11.4. The molecule has 4 rings (SSSR count). The maximum atomic E-state index is 13.6. The molecule has 0 radical (unpaired) electrons. The summed E-state index contributed by atoms with van der Waals surface area (Å²) >= 11 is 0. The molecule has 1 N–H and O–H groups in total. The quantitative estimate of drug-likeness (QED) is 0.308. The van der Waals surface area contributed by atoms with Crippen molar-refractivity contribution in [2.45, 2.75) is 12.5 Å². The zero-order chi connectivity index (χ0) is 26.0. The smallest absolute Gasteiger partial charge is 0.281 e. The Morgan fingerprint density at radius 3 is 2.65 bits per heavy atom. The molecule has 0 aliphatic heterocycles. The molecule has 0 saturated heterocycles. The number of carbonyl (C=O) groups is 2. The number of nitrogens with one attached hydrogen (secondary N) is 1. The lowest BCUT2D eigenvalue weighted by atomic mass is 10.0. The lowest BCUT2D eigenvalue weighted by Crippen LogP contribution is -2.44. The molecule has 2 amide bonds. The number of anilines is 1. The number of halogens is 1. The summed E-state index contributed by atoms with van der Waals surface area (Å²) in [5.74, 6) is -0.814. The van der Waals surface area contributed by atoms with Crippen molar-refractivity contribution in [2.75, 3.05) is 25.3 Å².